The zero-order valence-corrected chi connectivity index (χ0v) is 12.0. The van der Waals surface area contributed by atoms with Crippen LogP contribution < -0.4 is 10.6 Å². The van der Waals surface area contributed by atoms with Crippen LogP contribution in [0.4, 0.5) is 5.69 Å². The molecule has 1 amide bonds. The Morgan fingerprint density at radius 3 is 2.47 bits per heavy atom. The summed E-state index contributed by atoms with van der Waals surface area (Å²) in [4.78, 5) is 11.8. The SMILES string of the molecule is Cc1cccc(C)c1NCCC(=O)NC1CCCC1. The Morgan fingerprint density at radius 2 is 1.84 bits per heavy atom. The van der Waals surface area contributed by atoms with Crippen LogP contribution in [0.2, 0.25) is 0 Å². The zero-order chi connectivity index (χ0) is 13.7. The van der Waals surface area contributed by atoms with Crippen LogP contribution in [-0.4, -0.2) is 18.5 Å². The lowest BCUT2D eigenvalue weighted by Gasteiger charge is -2.14. The number of nitrogens with one attached hydrogen (secondary N) is 2. The highest BCUT2D eigenvalue weighted by molar-refractivity contribution is 5.77. The van der Waals surface area contributed by atoms with Gasteiger partial charge in [0.25, 0.3) is 0 Å². The van der Waals surface area contributed by atoms with Crippen LogP contribution in [0, 0.1) is 13.8 Å². The van der Waals surface area contributed by atoms with Crippen molar-refractivity contribution in [1.29, 1.82) is 0 Å². The summed E-state index contributed by atoms with van der Waals surface area (Å²) in [5.41, 5.74) is 3.63. The van der Waals surface area contributed by atoms with E-state index in [9.17, 15) is 4.79 Å². The molecule has 1 fully saturated rings. The Bertz CT molecular complexity index is 416. The van der Waals surface area contributed by atoms with E-state index in [1.54, 1.807) is 0 Å². The molecule has 3 heteroatoms. The number of benzene rings is 1. The van der Waals surface area contributed by atoms with E-state index >= 15 is 0 Å². The lowest BCUT2D eigenvalue weighted by Crippen LogP contribution is -2.33. The largest absolute Gasteiger partial charge is 0.384 e. The summed E-state index contributed by atoms with van der Waals surface area (Å²) in [6, 6.07) is 6.66. The predicted molar refractivity (Wildman–Crippen MR) is 79.4 cm³/mol. The van der Waals surface area contributed by atoms with Crippen molar-refractivity contribution in [2.24, 2.45) is 0 Å². The zero-order valence-electron chi connectivity index (χ0n) is 12.0. The standard InChI is InChI=1S/C16H24N2O/c1-12-6-5-7-13(2)16(12)17-11-10-15(19)18-14-8-3-4-9-14/h5-7,14,17H,3-4,8-11H2,1-2H3,(H,18,19). The molecule has 0 heterocycles. The van der Waals surface area contributed by atoms with Crippen LogP contribution >= 0.6 is 0 Å². The minimum atomic E-state index is 0.172. The summed E-state index contributed by atoms with van der Waals surface area (Å²) in [6.07, 6.45) is 5.35. The molecule has 2 rings (SSSR count). The number of hydrogen-bond acceptors (Lipinski definition) is 2. The summed E-state index contributed by atoms with van der Waals surface area (Å²) in [5.74, 6) is 0.172. The third-order valence-corrected chi connectivity index (χ3v) is 3.86. The molecule has 19 heavy (non-hydrogen) atoms. The van der Waals surface area contributed by atoms with Crippen molar-refractivity contribution in [3.8, 4) is 0 Å². The number of hydrogen-bond donors (Lipinski definition) is 2. The van der Waals surface area contributed by atoms with Crippen molar-refractivity contribution >= 4 is 11.6 Å². The summed E-state index contributed by atoms with van der Waals surface area (Å²) in [6.45, 7) is 4.88. The third kappa shape index (κ3) is 3.98. The molecule has 1 saturated carbocycles. The molecule has 0 bridgehead atoms. The first-order valence-electron chi connectivity index (χ1n) is 7.26. The predicted octanol–water partition coefficient (Wildman–Crippen LogP) is 3.16. The lowest BCUT2D eigenvalue weighted by molar-refractivity contribution is -0.121. The van der Waals surface area contributed by atoms with E-state index < -0.39 is 0 Å². The Hall–Kier alpha value is -1.51. The molecule has 0 spiro atoms. The van der Waals surface area contributed by atoms with Gasteiger partial charge in [-0.1, -0.05) is 31.0 Å². The van der Waals surface area contributed by atoms with Crippen molar-refractivity contribution in [2.75, 3.05) is 11.9 Å². The van der Waals surface area contributed by atoms with E-state index in [-0.39, 0.29) is 5.91 Å². The van der Waals surface area contributed by atoms with Crippen LogP contribution in [0.1, 0.15) is 43.2 Å². The van der Waals surface area contributed by atoms with Crippen molar-refractivity contribution in [3.63, 3.8) is 0 Å². The molecule has 1 aliphatic rings. The van der Waals surface area contributed by atoms with Gasteiger partial charge in [-0.2, -0.15) is 0 Å². The number of anilines is 1. The Labute approximate surface area is 115 Å². The number of rotatable bonds is 5. The van der Waals surface area contributed by atoms with E-state index in [2.05, 4.69) is 42.7 Å². The summed E-state index contributed by atoms with van der Waals surface area (Å²) >= 11 is 0. The molecule has 0 atom stereocenters. The van der Waals surface area contributed by atoms with Crippen molar-refractivity contribution in [1.82, 2.24) is 5.32 Å². The molecule has 1 aliphatic carbocycles. The molecular weight excluding hydrogens is 236 g/mol. The Kier molecular flexibility index (Phi) is 4.83. The minimum absolute atomic E-state index is 0.172. The second kappa shape index (κ2) is 6.60. The fraction of sp³-hybridized carbons (Fsp3) is 0.562. The van der Waals surface area contributed by atoms with Crippen molar-refractivity contribution in [3.05, 3.63) is 29.3 Å². The van der Waals surface area contributed by atoms with Crippen LogP contribution in [-0.2, 0) is 4.79 Å². The normalized spacial score (nSPS) is 15.5. The van der Waals surface area contributed by atoms with Gasteiger partial charge >= 0.3 is 0 Å². The number of para-hydroxylation sites is 1. The van der Waals surface area contributed by atoms with Gasteiger partial charge in [-0.25, -0.2) is 0 Å². The van der Waals surface area contributed by atoms with Gasteiger partial charge in [0.1, 0.15) is 0 Å². The van der Waals surface area contributed by atoms with Gasteiger partial charge in [0.2, 0.25) is 5.91 Å². The fourth-order valence-electron chi connectivity index (χ4n) is 2.76. The van der Waals surface area contributed by atoms with Gasteiger partial charge in [0.15, 0.2) is 0 Å². The topological polar surface area (TPSA) is 41.1 Å². The average molecular weight is 260 g/mol. The summed E-state index contributed by atoms with van der Waals surface area (Å²) in [7, 11) is 0. The first-order valence-corrected chi connectivity index (χ1v) is 7.26. The molecule has 0 aliphatic heterocycles. The molecule has 0 aromatic heterocycles. The molecule has 0 unspecified atom stereocenters. The molecule has 3 nitrogen and oxygen atoms in total. The first-order chi connectivity index (χ1) is 9.16. The average Bonchev–Trinajstić information content (AvgIpc) is 2.85. The number of aryl methyl sites for hydroxylation is 2. The second-order valence-corrected chi connectivity index (χ2v) is 5.49. The van der Waals surface area contributed by atoms with Crippen LogP contribution in [0.25, 0.3) is 0 Å². The quantitative estimate of drug-likeness (QED) is 0.854. The van der Waals surface area contributed by atoms with Gasteiger partial charge < -0.3 is 10.6 Å². The number of carbonyl (C=O) groups excluding carboxylic acids is 1. The van der Waals surface area contributed by atoms with Gasteiger partial charge in [-0.15, -0.1) is 0 Å². The molecule has 104 valence electrons. The molecule has 0 radical (unpaired) electrons. The van der Waals surface area contributed by atoms with E-state index in [1.807, 2.05) is 0 Å². The van der Waals surface area contributed by atoms with Gasteiger partial charge in [-0.05, 0) is 37.8 Å². The van der Waals surface area contributed by atoms with E-state index in [0.29, 0.717) is 19.0 Å². The van der Waals surface area contributed by atoms with Crippen molar-refractivity contribution in [2.45, 2.75) is 52.0 Å². The molecule has 2 N–H and O–H groups in total. The van der Waals surface area contributed by atoms with Crippen LogP contribution in [0.15, 0.2) is 18.2 Å². The van der Waals surface area contributed by atoms with E-state index in [1.165, 1.54) is 24.0 Å². The second-order valence-electron chi connectivity index (χ2n) is 5.49. The maximum Gasteiger partial charge on any atom is 0.221 e. The van der Waals surface area contributed by atoms with Gasteiger partial charge in [0, 0.05) is 24.7 Å². The molecular formula is C16H24N2O. The molecule has 1 aromatic rings. The van der Waals surface area contributed by atoms with Crippen LogP contribution in [0.3, 0.4) is 0 Å². The third-order valence-electron chi connectivity index (χ3n) is 3.86. The highest BCUT2D eigenvalue weighted by Crippen LogP contribution is 2.19. The highest BCUT2D eigenvalue weighted by atomic mass is 16.1. The lowest BCUT2D eigenvalue weighted by atomic mass is 10.1. The summed E-state index contributed by atoms with van der Waals surface area (Å²) in [5, 5.41) is 6.49. The fourth-order valence-corrected chi connectivity index (χ4v) is 2.76. The monoisotopic (exact) mass is 260 g/mol. The Balaban J connectivity index is 1.75. The van der Waals surface area contributed by atoms with Gasteiger partial charge in [0.05, 0.1) is 0 Å². The smallest absolute Gasteiger partial charge is 0.221 e. The molecule has 1 aromatic carbocycles. The maximum atomic E-state index is 11.8. The van der Waals surface area contributed by atoms with Crippen molar-refractivity contribution < 1.29 is 4.79 Å². The number of amides is 1. The van der Waals surface area contributed by atoms with E-state index in [4.69, 9.17) is 0 Å². The number of carbonyl (C=O) groups is 1. The minimum Gasteiger partial charge on any atom is -0.384 e. The summed E-state index contributed by atoms with van der Waals surface area (Å²) < 4.78 is 0. The van der Waals surface area contributed by atoms with Crippen LogP contribution in [0.5, 0.6) is 0 Å². The highest BCUT2D eigenvalue weighted by Gasteiger charge is 2.16. The Morgan fingerprint density at radius 1 is 1.21 bits per heavy atom. The maximum absolute atomic E-state index is 11.8. The first kappa shape index (κ1) is 13.9. The van der Waals surface area contributed by atoms with E-state index in [0.717, 1.165) is 18.5 Å². The molecule has 0 saturated heterocycles. The van der Waals surface area contributed by atoms with Gasteiger partial charge in [-0.3, -0.25) is 4.79 Å².